The maximum atomic E-state index is 14.4. The summed E-state index contributed by atoms with van der Waals surface area (Å²) < 4.78 is 19.3. The zero-order chi connectivity index (χ0) is 31.7. The number of imide groups is 2. The Bertz CT molecular complexity index is 1650. The Hall–Kier alpha value is -3.96. The molecule has 10 nitrogen and oxygen atoms in total. The van der Waals surface area contributed by atoms with Crippen molar-refractivity contribution in [2.24, 2.45) is 17.8 Å². The minimum atomic E-state index is -2.23. The van der Waals surface area contributed by atoms with Crippen molar-refractivity contribution in [3.63, 3.8) is 0 Å². The molecular weight excluding hydrogens is 618 g/mol. The summed E-state index contributed by atoms with van der Waals surface area (Å²) in [6.07, 6.45) is 1.37. The number of aliphatic carboxylic acids is 1. The van der Waals surface area contributed by atoms with E-state index in [0.717, 1.165) is 21.9 Å². The first kappa shape index (κ1) is 30.1. The molecule has 2 aliphatic heterocycles. The van der Waals surface area contributed by atoms with Crippen LogP contribution in [0.4, 0.5) is 10.1 Å². The Labute approximate surface area is 261 Å². The third-order valence-electron chi connectivity index (χ3n) is 9.31. The Kier molecular flexibility index (Phi) is 7.24. The molecule has 2 aromatic rings. The quantitative estimate of drug-likeness (QED) is 0.262. The summed E-state index contributed by atoms with van der Waals surface area (Å²) in [6.45, 7) is -0.0863. The van der Waals surface area contributed by atoms with Crippen molar-refractivity contribution in [2.45, 2.75) is 41.3 Å². The number of carbonyl (C=O) groups is 5. The van der Waals surface area contributed by atoms with Crippen molar-refractivity contribution >= 4 is 58.5 Å². The molecule has 13 heteroatoms. The van der Waals surface area contributed by atoms with Gasteiger partial charge in [0.2, 0.25) is 11.8 Å². The second-order valence-electron chi connectivity index (χ2n) is 11.5. The summed E-state index contributed by atoms with van der Waals surface area (Å²) in [5.74, 6) is -8.44. The molecule has 6 unspecified atom stereocenters. The monoisotopic (exact) mass is 644 g/mol. The number of carboxylic acid groups (broad SMARTS) is 1. The lowest BCUT2D eigenvalue weighted by Crippen LogP contribution is -2.60. The van der Waals surface area contributed by atoms with E-state index in [1.807, 2.05) is 0 Å². The number of hydrogen-bond acceptors (Lipinski definition) is 7. The molecule has 0 aromatic heterocycles. The molecule has 44 heavy (non-hydrogen) atoms. The molecule has 0 radical (unpaired) electrons. The summed E-state index contributed by atoms with van der Waals surface area (Å²) in [5.41, 5.74) is 0.569. The van der Waals surface area contributed by atoms with Crippen LogP contribution in [0.25, 0.3) is 0 Å². The summed E-state index contributed by atoms with van der Waals surface area (Å²) in [4.78, 5) is 64.4. The van der Waals surface area contributed by atoms with Gasteiger partial charge in [-0.2, -0.15) is 0 Å². The van der Waals surface area contributed by atoms with Crippen molar-refractivity contribution < 1.29 is 43.3 Å². The first-order valence-electron chi connectivity index (χ1n) is 14.0. The molecule has 1 saturated carbocycles. The maximum absolute atomic E-state index is 14.4. The minimum absolute atomic E-state index is 0.0328. The van der Waals surface area contributed by atoms with E-state index >= 15 is 0 Å². The van der Waals surface area contributed by atoms with Gasteiger partial charge in [0.05, 0.1) is 24.6 Å². The van der Waals surface area contributed by atoms with E-state index in [-0.39, 0.29) is 55.0 Å². The van der Waals surface area contributed by atoms with Gasteiger partial charge in [-0.25, -0.2) is 9.29 Å². The molecule has 2 saturated heterocycles. The second kappa shape index (κ2) is 10.6. The number of anilines is 1. The number of phenols is 1. The smallest absolute Gasteiger partial charge is 0.303 e. The van der Waals surface area contributed by atoms with Crippen LogP contribution in [0.2, 0.25) is 0 Å². The number of carbonyl (C=O) groups excluding carboxylic acids is 4. The highest BCUT2D eigenvalue weighted by Crippen LogP contribution is 2.67. The molecule has 2 N–H and O–H groups in total. The number of likely N-dealkylation sites (tertiary alicyclic amines) is 1. The first-order chi connectivity index (χ1) is 20.9. The average molecular weight is 645 g/mol. The van der Waals surface area contributed by atoms with Crippen LogP contribution in [0.5, 0.6) is 11.5 Å². The number of aromatic hydroxyl groups is 1. The van der Waals surface area contributed by atoms with Crippen molar-refractivity contribution in [1.29, 1.82) is 0 Å². The average Bonchev–Trinajstić information content (AvgIpc) is 3.31. The van der Waals surface area contributed by atoms with Crippen molar-refractivity contribution in [3.8, 4) is 11.5 Å². The number of ether oxygens (including phenoxy) is 1. The van der Waals surface area contributed by atoms with Gasteiger partial charge < -0.3 is 14.9 Å². The lowest BCUT2D eigenvalue weighted by molar-refractivity contribution is -0.142. The molecule has 0 spiro atoms. The van der Waals surface area contributed by atoms with Crippen LogP contribution < -0.4 is 9.64 Å². The number of halogens is 3. The van der Waals surface area contributed by atoms with Gasteiger partial charge in [0.15, 0.2) is 9.75 Å². The highest BCUT2D eigenvalue weighted by Gasteiger charge is 2.77. The van der Waals surface area contributed by atoms with Crippen LogP contribution in [0.1, 0.15) is 37.2 Å². The minimum Gasteiger partial charge on any atom is -0.508 e. The SMILES string of the molecule is COc1cccc(O)c1C1C2=CCC3C(=O)N(CCCC(=O)O)C(=O)C3C2CC2(Cl)C(=O)N(c3ccc(F)cc3)C(=O)C12Cl. The van der Waals surface area contributed by atoms with Crippen LogP contribution in [-0.4, -0.2) is 68.1 Å². The number of nitrogens with zero attached hydrogens (tertiary/aromatic N) is 2. The summed E-state index contributed by atoms with van der Waals surface area (Å²) in [7, 11) is 1.36. The topological polar surface area (TPSA) is 142 Å². The number of benzene rings is 2. The largest absolute Gasteiger partial charge is 0.508 e. The van der Waals surface area contributed by atoms with Crippen LogP contribution in [0.3, 0.4) is 0 Å². The van der Waals surface area contributed by atoms with Crippen LogP contribution in [0.15, 0.2) is 54.1 Å². The van der Waals surface area contributed by atoms with E-state index in [4.69, 9.17) is 33.0 Å². The van der Waals surface area contributed by atoms with Crippen LogP contribution >= 0.6 is 23.2 Å². The van der Waals surface area contributed by atoms with Gasteiger partial charge >= 0.3 is 5.97 Å². The fourth-order valence-corrected chi connectivity index (χ4v) is 8.31. The van der Waals surface area contributed by atoms with Gasteiger partial charge in [0.1, 0.15) is 17.3 Å². The molecular formula is C31H27Cl2FN2O8. The van der Waals surface area contributed by atoms with Crippen molar-refractivity contribution in [1.82, 2.24) is 4.90 Å². The Morgan fingerprint density at radius 3 is 2.41 bits per heavy atom. The third-order valence-corrected chi connectivity index (χ3v) is 10.7. The number of allylic oxidation sites excluding steroid dienone is 2. The zero-order valence-corrected chi connectivity index (χ0v) is 24.8. The standard InChI is InChI=1S/C31H27Cl2FN2O8/c1-44-21-5-2-4-20(37)24(21)25-17-11-12-18-23(27(41)35(26(18)40)13-3-6-22(38)39)19(17)14-30(32)28(42)36(29(43)31(25,30)33)16-9-7-15(34)8-10-16/h2,4-5,7-11,18-19,23,25,37H,3,6,12-14H2,1H3,(H,38,39). The van der Waals surface area contributed by atoms with E-state index in [1.165, 1.54) is 31.4 Å². The van der Waals surface area contributed by atoms with Gasteiger partial charge in [-0.3, -0.25) is 28.9 Å². The van der Waals surface area contributed by atoms with Gasteiger partial charge in [-0.1, -0.05) is 17.7 Å². The predicted molar refractivity (Wildman–Crippen MR) is 155 cm³/mol. The fraction of sp³-hybridized carbons (Fsp3) is 0.387. The number of fused-ring (bicyclic) bond motifs is 4. The number of methoxy groups -OCH3 is 1. The molecule has 0 bridgehead atoms. The van der Waals surface area contributed by atoms with Crippen LogP contribution in [-0.2, 0) is 24.0 Å². The number of amides is 4. The van der Waals surface area contributed by atoms with E-state index in [0.29, 0.717) is 5.57 Å². The Balaban J connectivity index is 1.52. The predicted octanol–water partition coefficient (Wildman–Crippen LogP) is 3.97. The number of phenolic OH excluding ortho intramolecular Hbond substituents is 1. The number of alkyl halides is 2. The van der Waals surface area contributed by atoms with Gasteiger partial charge in [0.25, 0.3) is 11.8 Å². The van der Waals surface area contributed by atoms with Crippen LogP contribution in [0, 0.1) is 23.6 Å². The fourth-order valence-electron chi connectivity index (χ4n) is 7.39. The molecule has 3 fully saturated rings. The lowest BCUT2D eigenvalue weighted by Gasteiger charge is -2.50. The maximum Gasteiger partial charge on any atom is 0.303 e. The highest BCUT2D eigenvalue weighted by atomic mass is 35.5. The number of carboxylic acids is 1. The first-order valence-corrected chi connectivity index (χ1v) is 14.8. The van der Waals surface area contributed by atoms with Gasteiger partial charge in [-0.15, -0.1) is 23.2 Å². The highest BCUT2D eigenvalue weighted by molar-refractivity contribution is 6.58. The summed E-state index contributed by atoms with van der Waals surface area (Å²) >= 11 is 14.6. The molecule has 6 atom stereocenters. The molecule has 4 aliphatic rings. The molecule has 230 valence electrons. The Morgan fingerprint density at radius 1 is 1.05 bits per heavy atom. The number of rotatable bonds is 7. The van der Waals surface area contributed by atoms with E-state index in [1.54, 1.807) is 12.1 Å². The molecule has 6 rings (SSSR count). The van der Waals surface area contributed by atoms with E-state index in [2.05, 4.69) is 0 Å². The van der Waals surface area contributed by atoms with Crippen molar-refractivity contribution in [3.05, 3.63) is 65.5 Å². The summed E-state index contributed by atoms with van der Waals surface area (Å²) in [6, 6.07) is 9.10. The zero-order valence-electron chi connectivity index (χ0n) is 23.3. The lowest BCUT2D eigenvalue weighted by atomic mass is 9.56. The van der Waals surface area contributed by atoms with Gasteiger partial charge in [0, 0.05) is 24.4 Å². The second-order valence-corrected chi connectivity index (χ2v) is 12.7. The normalized spacial score (nSPS) is 31.0. The van der Waals surface area contributed by atoms with Crippen molar-refractivity contribution in [2.75, 3.05) is 18.6 Å². The van der Waals surface area contributed by atoms with Gasteiger partial charge in [-0.05, 0) is 61.6 Å². The molecule has 2 heterocycles. The third kappa shape index (κ3) is 4.08. The van der Waals surface area contributed by atoms with E-state index in [9.17, 15) is 33.5 Å². The molecule has 4 amide bonds. The molecule has 2 aliphatic carbocycles. The van der Waals surface area contributed by atoms with E-state index < -0.39 is 68.8 Å². The number of hydrogen-bond donors (Lipinski definition) is 2. The summed E-state index contributed by atoms with van der Waals surface area (Å²) in [5, 5.41) is 20.2. The Morgan fingerprint density at radius 2 is 1.75 bits per heavy atom. The molecule has 2 aromatic carbocycles.